The normalized spacial score (nSPS) is 13.7. The van der Waals surface area contributed by atoms with E-state index in [2.05, 4.69) is 9.88 Å². The average molecular weight is 340 g/mol. The highest BCUT2D eigenvalue weighted by molar-refractivity contribution is 7.92. The van der Waals surface area contributed by atoms with Gasteiger partial charge in [0.1, 0.15) is 0 Å². The Labute approximate surface area is 140 Å². The largest absolute Gasteiger partial charge is 0.337 e. The number of rotatable bonds is 4. The molecule has 1 heterocycles. The molecule has 2 aromatic carbocycles. The molecule has 0 atom stereocenters. The van der Waals surface area contributed by atoms with Gasteiger partial charge < -0.3 is 4.52 Å². The zero-order valence-corrected chi connectivity index (χ0v) is 13.7. The SMILES string of the molecule is O=S(=O)(Nc1oncc1-c1ccccc1)c1ccc2c(c1)CCC2. The van der Waals surface area contributed by atoms with Crippen molar-refractivity contribution in [1.29, 1.82) is 0 Å². The van der Waals surface area contributed by atoms with Gasteiger partial charge in [-0.3, -0.25) is 0 Å². The second kappa shape index (κ2) is 5.79. The summed E-state index contributed by atoms with van der Waals surface area (Å²) in [5, 5.41) is 3.73. The van der Waals surface area contributed by atoms with Crippen molar-refractivity contribution >= 4 is 15.9 Å². The highest BCUT2D eigenvalue weighted by Gasteiger charge is 2.22. The standard InChI is InChI=1S/C18H16N2O3S/c21-24(22,16-10-9-13-7-4-8-15(13)11-16)20-18-17(12-19-23-18)14-5-2-1-3-6-14/h1-3,5-6,9-12,20H,4,7-8H2. The second-order valence-corrected chi connectivity index (χ2v) is 7.51. The van der Waals surface area contributed by atoms with Gasteiger partial charge in [-0.25, -0.2) is 13.1 Å². The Bertz CT molecular complexity index is 979. The molecular formula is C18H16N2O3S. The number of nitrogens with zero attached hydrogens (tertiary/aromatic N) is 1. The third kappa shape index (κ3) is 2.69. The lowest BCUT2D eigenvalue weighted by Gasteiger charge is -2.08. The number of sulfonamides is 1. The first kappa shape index (κ1) is 15.0. The maximum Gasteiger partial charge on any atom is 0.264 e. The fourth-order valence-electron chi connectivity index (χ4n) is 3.03. The summed E-state index contributed by atoms with van der Waals surface area (Å²) < 4.78 is 33.0. The third-order valence-corrected chi connectivity index (χ3v) is 5.59. The minimum Gasteiger partial charge on any atom is -0.337 e. The lowest BCUT2D eigenvalue weighted by atomic mass is 10.1. The van der Waals surface area contributed by atoms with Crippen molar-refractivity contribution in [2.45, 2.75) is 24.2 Å². The van der Waals surface area contributed by atoms with E-state index in [-0.39, 0.29) is 10.8 Å². The van der Waals surface area contributed by atoms with E-state index in [1.54, 1.807) is 12.1 Å². The maximum atomic E-state index is 12.7. The minimum absolute atomic E-state index is 0.127. The fraction of sp³-hybridized carbons (Fsp3) is 0.167. The third-order valence-electron chi connectivity index (χ3n) is 4.26. The van der Waals surface area contributed by atoms with Crippen LogP contribution in [0.15, 0.2) is 64.1 Å². The van der Waals surface area contributed by atoms with E-state index in [0.717, 1.165) is 30.4 Å². The molecule has 0 aliphatic heterocycles. The predicted molar refractivity (Wildman–Crippen MR) is 91.2 cm³/mol. The number of aryl methyl sites for hydroxylation is 2. The van der Waals surface area contributed by atoms with Crippen LogP contribution in [0.4, 0.5) is 5.88 Å². The predicted octanol–water partition coefficient (Wildman–Crippen LogP) is 3.63. The van der Waals surface area contributed by atoms with Crippen LogP contribution in [0.5, 0.6) is 0 Å². The topological polar surface area (TPSA) is 72.2 Å². The summed E-state index contributed by atoms with van der Waals surface area (Å²) in [5.41, 5.74) is 3.79. The van der Waals surface area contributed by atoms with Gasteiger partial charge in [0.05, 0.1) is 16.7 Å². The first-order valence-corrected chi connectivity index (χ1v) is 9.26. The van der Waals surface area contributed by atoms with Crippen LogP contribution in [0.25, 0.3) is 11.1 Å². The van der Waals surface area contributed by atoms with Crippen LogP contribution in [0, 0.1) is 0 Å². The van der Waals surface area contributed by atoms with Gasteiger partial charge in [-0.15, -0.1) is 0 Å². The molecular weight excluding hydrogens is 324 g/mol. The molecule has 1 N–H and O–H groups in total. The molecule has 0 fully saturated rings. The van der Waals surface area contributed by atoms with Crippen molar-refractivity contribution in [3.63, 3.8) is 0 Å². The number of fused-ring (bicyclic) bond motifs is 1. The molecule has 0 saturated heterocycles. The molecule has 24 heavy (non-hydrogen) atoms. The van der Waals surface area contributed by atoms with E-state index in [1.165, 1.54) is 11.8 Å². The Morgan fingerprint density at radius 3 is 2.62 bits per heavy atom. The van der Waals surface area contributed by atoms with E-state index in [0.29, 0.717) is 5.56 Å². The van der Waals surface area contributed by atoms with E-state index in [1.807, 2.05) is 36.4 Å². The molecule has 1 aromatic heterocycles. The summed E-state index contributed by atoms with van der Waals surface area (Å²) in [6, 6.07) is 14.7. The number of anilines is 1. The first-order valence-electron chi connectivity index (χ1n) is 7.78. The molecule has 0 amide bonds. The van der Waals surface area contributed by atoms with Crippen LogP contribution < -0.4 is 4.72 Å². The van der Waals surface area contributed by atoms with Crippen LogP contribution in [0.3, 0.4) is 0 Å². The Morgan fingerprint density at radius 1 is 1.00 bits per heavy atom. The van der Waals surface area contributed by atoms with Gasteiger partial charge >= 0.3 is 0 Å². The Kier molecular flexibility index (Phi) is 3.61. The van der Waals surface area contributed by atoms with E-state index < -0.39 is 10.0 Å². The lowest BCUT2D eigenvalue weighted by Crippen LogP contribution is -2.13. The molecule has 4 rings (SSSR count). The molecule has 0 unspecified atom stereocenters. The van der Waals surface area contributed by atoms with Gasteiger partial charge in [0.2, 0.25) is 5.88 Å². The minimum atomic E-state index is -3.72. The zero-order chi connectivity index (χ0) is 16.6. The zero-order valence-electron chi connectivity index (χ0n) is 12.9. The van der Waals surface area contributed by atoms with Crippen LogP contribution in [-0.2, 0) is 22.9 Å². The molecule has 6 heteroatoms. The molecule has 0 spiro atoms. The number of hydrogen-bond acceptors (Lipinski definition) is 4. The van der Waals surface area contributed by atoms with Crippen LogP contribution in [0.1, 0.15) is 17.5 Å². The van der Waals surface area contributed by atoms with E-state index in [9.17, 15) is 8.42 Å². The summed E-state index contributed by atoms with van der Waals surface area (Å²) in [4.78, 5) is 0.249. The highest BCUT2D eigenvalue weighted by atomic mass is 32.2. The molecule has 122 valence electrons. The maximum absolute atomic E-state index is 12.7. The van der Waals surface area contributed by atoms with Crippen molar-refractivity contribution < 1.29 is 12.9 Å². The number of aromatic nitrogens is 1. The van der Waals surface area contributed by atoms with Gasteiger partial charge in [-0.2, -0.15) is 0 Å². The van der Waals surface area contributed by atoms with Gasteiger partial charge in [0.25, 0.3) is 10.0 Å². The smallest absolute Gasteiger partial charge is 0.264 e. The summed E-state index contributed by atoms with van der Waals surface area (Å²) in [5.74, 6) is 0.127. The van der Waals surface area contributed by atoms with Crippen molar-refractivity contribution in [2.24, 2.45) is 0 Å². The Hall–Kier alpha value is -2.60. The lowest BCUT2D eigenvalue weighted by molar-refractivity contribution is 0.435. The van der Waals surface area contributed by atoms with Gasteiger partial charge in [0.15, 0.2) is 0 Å². The summed E-state index contributed by atoms with van der Waals surface area (Å²) in [7, 11) is -3.72. The molecule has 3 aromatic rings. The van der Waals surface area contributed by atoms with E-state index in [4.69, 9.17) is 4.52 Å². The van der Waals surface area contributed by atoms with Gasteiger partial charge in [0, 0.05) is 0 Å². The van der Waals surface area contributed by atoms with Crippen LogP contribution >= 0.6 is 0 Å². The second-order valence-electron chi connectivity index (χ2n) is 5.82. The highest BCUT2D eigenvalue weighted by Crippen LogP contribution is 2.30. The van der Waals surface area contributed by atoms with Crippen molar-refractivity contribution in [3.05, 3.63) is 65.9 Å². The van der Waals surface area contributed by atoms with Crippen molar-refractivity contribution in [2.75, 3.05) is 4.72 Å². The van der Waals surface area contributed by atoms with Crippen LogP contribution in [0.2, 0.25) is 0 Å². The number of hydrogen-bond donors (Lipinski definition) is 1. The molecule has 0 saturated carbocycles. The monoisotopic (exact) mass is 340 g/mol. The number of benzene rings is 2. The quantitative estimate of drug-likeness (QED) is 0.787. The molecule has 1 aliphatic rings. The van der Waals surface area contributed by atoms with Gasteiger partial charge in [-0.1, -0.05) is 41.6 Å². The summed E-state index contributed by atoms with van der Waals surface area (Å²) in [6.07, 6.45) is 4.53. The molecule has 0 radical (unpaired) electrons. The number of nitrogens with one attached hydrogen (secondary N) is 1. The van der Waals surface area contributed by atoms with E-state index >= 15 is 0 Å². The van der Waals surface area contributed by atoms with Crippen LogP contribution in [-0.4, -0.2) is 13.6 Å². The molecule has 1 aliphatic carbocycles. The first-order chi connectivity index (χ1) is 11.6. The summed E-state index contributed by atoms with van der Waals surface area (Å²) >= 11 is 0. The average Bonchev–Trinajstić information content (AvgIpc) is 3.23. The summed E-state index contributed by atoms with van der Waals surface area (Å²) in [6.45, 7) is 0. The van der Waals surface area contributed by atoms with Crippen molar-refractivity contribution in [3.8, 4) is 11.1 Å². The Morgan fingerprint density at radius 2 is 1.79 bits per heavy atom. The van der Waals surface area contributed by atoms with Crippen molar-refractivity contribution in [1.82, 2.24) is 5.16 Å². The Balaban J connectivity index is 1.67. The molecule has 0 bridgehead atoms. The fourth-order valence-corrected chi connectivity index (χ4v) is 4.09. The van der Waals surface area contributed by atoms with Gasteiger partial charge in [-0.05, 0) is 48.1 Å². The molecule has 5 nitrogen and oxygen atoms in total.